The standard InChI is InChI=1S/C10H8F4O2/c1-5(15)8-7(11)4-3-6(9(8)16-2)10(12,13)14/h3-4H,1-2H3. The molecule has 16 heavy (non-hydrogen) atoms. The topological polar surface area (TPSA) is 26.3 Å². The van der Waals surface area contributed by atoms with Crippen molar-refractivity contribution in [2.24, 2.45) is 0 Å². The lowest BCUT2D eigenvalue weighted by molar-refractivity contribution is -0.138. The number of Topliss-reactive ketones (excluding diaryl/α,β-unsaturated/α-hetero) is 1. The first-order valence-corrected chi connectivity index (χ1v) is 4.23. The predicted molar refractivity (Wildman–Crippen MR) is 48.0 cm³/mol. The van der Waals surface area contributed by atoms with Crippen LogP contribution >= 0.6 is 0 Å². The van der Waals surface area contributed by atoms with Gasteiger partial charge in [-0.15, -0.1) is 0 Å². The Bertz CT molecular complexity index is 424. The Labute approximate surface area is 88.8 Å². The minimum absolute atomic E-state index is 0.542. The number of carbonyl (C=O) groups excluding carboxylic acids is 1. The van der Waals surface area contributed by atoms with Crippen LogP contribution in [-0.2, 0) is 6.18 Å². The van der Waals surface area contributed by atoms with Crippen molar-refractivity contribution >= 4 is 5.78 Å². The molecule has 0 aliphatic heterocycles. The molecule has 2 nitrogen and oxygen atoms in total. The predicted octanol–water partition coefficient (Wildman–Crippen LogP) is 3.06. The van der Waals surface area contributed by atoms with Crippen LogP contribution in [0.4, 0.5) is 17.6 Å². The fraction of sp³-hybridized carbons (Fsp3) is 0.300. The Balaban J connectivity index is 3.56. The summed E-state index contributed by atoms with van der Waals surface area (Å²) in [5.41, 5.74) is -1.85. The van der Waals surface area contributed by atoms with Gasteiger partial charge in [-0.2, -0.15) is 13.2 Å². The van der Waals surface area contributed by atoms with E-state index in [1.165, 1.54) is 0 Å². The largest absolute Gasteiger partial charge is 0.495 e. The molecule has 0 heterocycles. The van der Waals surface area contributed by atoms with E-state index in [4.69, 9.17) is 0 Å². The summed E-state index contributed by atoms with van der Waals surface area (Å²) in [5, 5.41) is 0. The number of alkyl halides is 3. The molecule has 0 atom stereocenters. The van der Waals surface area contributed by atoms with Crippen molar-refractivity contribution < 1.29 is 27.1 Å². The number of methoxy groups -OCH3 is 1. The Morgan fingerprint density at radius 3 is 2.25 bits per heavy atom. The van der Waals surface area contributed by atoms with E-state index >= 15 is 0 Å². The highest BCUT2D eigenvalue weighted by Crippen LogP contribution is 2.39. The lowest BCUT2D eigenvalue weighted by atomic mass is 10.0. The molecular weight excluding hydrogens is 228 g/mol. The van der Waals surface area contributed by atoms with E-state index in [1.54, 1.807) is 0 Å². The summed E-state index contributed by atoms with van der Waals surface area (Å²) in [6.07, 6.45) is -4.69. The van der Waals surface area contributed by atoms with Crippen molar-refractivity contribution in [3.63, 3.8) is 0 Å². The van der Waals surface area contributed by atoms with Gasteiger partial charge < -0.3 is 4.74 Å². The molecule has 0 spiro atoms. The zero-order chi connectivity index (χ0) is 12.5. The highest BCUT2D eigenvalue weighted by molar-refractivity contribution is 5.97. The van der Waals surface area contributed by atoms with Crippen molar-refractivity contribution in [3.8, 4) is 5.75 Å². The quantitative estimate of drug-likeness (QED) is 0.582. The smallest absolute Gasteiger partial charge is 0.419 e. The molecule has 0 saturated carbocycles. The van der Waals surface area contributed by atoms with Crippen LogP contribution < -0.4 is 4.74 Å². The van der Waals surface area contributed by atoms with E-state index in [-0.39, 0.29) is 0 Å². The number of ketones is 1. The lowest BCUT2D eigenvalue weighted by Gasteiger charge is -2.14. The average Bonchev–Trinajstić information content (AvgIpc) is 2.14. The molecule has 1 aromatic rings. The van der Waals surface area contributed by atoms with E-state index in [1.807, 2.05) is 0 Å². The molecule has 0 N–H and O–H groups in total. The first-order chi connectivity index (χ1) is 7.29. The number of hydrogen-bond donors (Lipinski definition) is 0. The van der Waals surface area contributed by atoms with Crippen molar-refractivity contribution in [3.05, 3.63) is 29.1 Å². The van der Waals surface area contributed by atoms with Gasteiger partial charge >= 0.3 is 6.18 Å². The Morgan fingerprint density at radius 1 is 1.31 bits per heavy atom. The van der Waals surface area contributed by atoms with Gasteiger partial charge in [0.25, 0.3) is 0 Å². The monoisotopic (exact) mass is 236 g/mol. The number of hydrogen-bond acceptors (Lipinski definition) is 2. The van der Waals surface area contributed by atoms with Gasteiger partial charge in [0.2, 0.25) is 0 Å². The van der Waals surface area contributed by atoms with Crippen LogP contribution in [0.3, 0.4) is 0 Å². The summed E-state index contributed by atoms with van der Waals surface area (Å²) < 4.78 is 55.1. The second kappa shape index (κ2) is 4.11. The Hall–Kier alpha value is -1.59. The Kier molecular flexibility index (Phi) is 3.21. The maximum Gasteiger partial charge on any atom is 0.419 e. The Morgan fingerprint density at radius 2 is 1.88 bits per heavy atom. The highest BCUT2D eigenvalue weighted by Gasteiger charge is 2.36. The van der Waals surface area contributed by atoms with Crippen LogP contribution in [0.15, 0.2) is 12.1 Å². The third kappa shape index (κ3) is 2.15. The second-order valence-corrected chi connectivity index (χ2v) is 3.06. The van der Waals surface area contributed by atoms with Gasteiger partial charge in [-0.25, -0.2) is 4.39 Å². The minimum atomic E-state index is -4.69. The van der Waals surface area contributed by atoms with Gasteiger partial charge in [0.15, 0.2) is 5.78 Å². The van der Waals surface area contributed by atoms with E-state index in [2.05, 4.69) is 4.74 Å². The van der Waals surface area contributed by atoms with Crippen molar-refractivity contribution in [2.75, 3.05) is 7.11 Å². The average molecular weight is 236 g/mol. The molecule has 0 fully saturated rings. The lowest BCUT2D eigenvalue weighted by Crippen LogP contribution is -2.12. The summed E-state index contributed by atoms with van der Waals surface area (Å²) in [7, 11) is 0.955. The number of rotatable bonds is 2. The number of ether oxygens (including phenoxy) is 1. The van der Waals surface area contributed by atoms with Gasteiger partial charge in [-0.3, -0.25) is 4.79 Å². The van der Waals surface area contributed by atoms with Crippen LogP contribution in [0.1, 0.15) is 22.8 Å². The molecule has 0 bridgehead atoms. The van der Waals surface area contributed by atoms with E-state index in [9.17, 15) is 22.4 Å². The fourth-order valence-electron chi connectivity index (χ4n) is 1.32. The summed E-state index contributed by atoms with van der Waals surface area (Å²) in [6, 6.07) is 1.14. The molecule has 0 aromatic heterocycles. The number of halogens is 4. The molecule has 0 radical (unpaired) electrons. The van der Waals surface area contributed by atoms with Crippen molar-refractivity contribution in [2.45, 2.75) is 13.1 Å². The zero-order valence-corrected chi connectivity index (χ0v) is 8.48. The molecule has 1 rings (SSSR count). The van der Waals surface area contributed by atoms with Crippen molar-refractivity contribution in [1.29, 1.82) is 0 Å². The molecule has 0 unspecified atom stereocenters. The summed E-state index contributed by atoms with van der Waals surface area (Å²) in [5.74, 6) is -2.63. The molecule has 88 valence electrons. The van der Waals surface area contributed by atoms with Crippen molar-refractivity contribution in [1.82, 2.24) is 0 Å². The maximum atomic E-state index is 13.2. The molecule has 1 aromatic carbocycles. The molecule has 0 aliphatic carbocycles. The third-order valence-electron chi connectivity index (χ3n) is 1.97. The minimum Gasteiger partial charge on any atom is -0.495 e. The first-order valence-electron chi connectivity index (χ1n) is 4.23. The van der Waals surface area contributed by atoms with Crippen LogP contribution in [-0.4, -0.2) is 12.9 Å². The first kappa shape index (κ1) is 12.5. The molecule has 0 aliphatic rings. The van der Waals surface area contributed by atoms with Gasteiger partial charge in [0.1, 0.15) is 11.6 Å². The molecular formula is C10H8F4O2. The van der Waals surface area contributed by atoms with E-state index in [0.717, 1.165) is 14.0 Å². The second-order valence-electron chi connectivity index (χ2n) is 3.06. The summed E-state index contributed by atoms with van der Waals surface area (Å²) in [6.45, 7) is 0.973. The molecule has 0 amide bonds. The van der Waals surface area contributed by atoms with Gasteiger partial charge in [-0.05, 0) is 19.1 Å². The zero-order valence-electron chi connectivity index (χ0n) is 8.48. The van der Waals surface area contributed by atoms with Crippen LogP contribution in [0.2, 0.25) is 0 Å². The van der Waals surface area contributed by atoms with E-state index in [0.29, 0.717) is 12.1 Å². The third-order valence-corrected chi connectivity index (χ3v) is 1.97. The van der Waals surface area contributed by atoms with Crippen LogP contribution in [0, 0.1) is 5.82 Å². The number of carbonyl (C=O) groups is 1. The summed E-state index contributed by atoms with van der Waals surface area (Å²) in [4.78, 5) is 11.0. The van der Waals surface area contributed by atoms with E-state index < -0.39 is 34.7 Å². The van der Waals surface area contributed by atoms with Crippen LogP contribution in [0.5, 0.6) is 5.75 Å². The fourth-order valence-corrected chi connectivity index (χ4v) is 1.32. The van der Waals surface area contributed by atoms with Gasteiger partial charge in [-0.1, -0.05) is 0 Å². The summed E-state index contributed by atoms with van der Waals surface area (Å²) >= 11 is 0. The van der Waals surface area contributed by atoms with Gasteiger partial charge in [0.05, 0.1) is 18.2 Å². The van der Waals surface area contributed by atoms with Crippen LogP contribution in [0.25, 0.3) is 0 Å². The maximum absolute atomic E-state index is 13.2. The molecule has 6 heteroatoms. The highest BCUT2D eigenvalue weighted by atomic mass is 19.4. The SMILES string of the molecule is COc1c(C(F)(F)F)ccc(F)c1C(C)=O. The van der Waals surface area contributed by atoms with Gasteiger partial charge in [0, 0.05) is 0 Å². The number of benzene rings is 1. The molecule has 0 saturated heterocycles. The normalized spacial score (nSPS) is 11.4.